The van der Waals surface area contributed by atoms with E-state index in [-0.39, 0.29) is 12.8 Å². The van der Waals surface area contributed by atoms with Gasteiger partial charge in [-0.3, -0.25) is 0 Å². The molecule has 16 heteroatoms. The molecule has 1 saturated heterocycles. The highest BCUT2D eigenvalue weighted by molar-refractivity contribution is 8.14. The Hall–Kier alpha value is -3.61. The van der Waals surface area contributed by atoms with Gasteiger partial charge in [0.25, 0.3) is 5.01 Å². The maximum absolute atomic E-state index is 11.4. The minimum atomic E-state index is -4.34. The molecule has 0 saturated carbocycles. The van der Waals surface area contributed by atoms with Crippen LogP contribution in [0.15, 0.2) is 118 Å². The van der Waals surface area contributed by atoms with E-state index in [1.165, 1.54) is 34.7 Å². The van der Waals surface area contributed by atoms with Gasteiger partial charge in [-0.15, -0.1) is 11.8 Å². The van der Waals surface area contributed by atoms with Gasteiger partial charge in [-0.2, -0.15) is 4.57 Å². The number of rotatable bonds is 15. The molecule has 1 fully saturated rings. The molecule has 3 aliphatic rings. The molecule has 0 spiro atoms. The van der Waals surface area contributed by atoms with Gasteiger partial charge in [0.05, 0.1) is 47.1 Å². The first-order valence-corrected chi connectivity index (χ1v) is 27.7. The van der Waals surface area contributed by atoms with Gasteiger partial charge in [0.15, 0.2) is 13.1 Å². The van der Waals surface area contributed by atoms with E-state index in [0.717, 1.165) is 71.0 Å². The van der Waals surface area contributed by atoms with E-state index in [0.29, 0.717) is 19.5 Å². The van der Waals surface area contributed by atoms with E-state index in [2.05, 4.69) is 106 Å². The van der Waals surface area contributed by atoms with Gasteiger partial charge in [-0.1, -0.05) is 102 Å². The largest absolute Gasteiger partial charge is 0.748 e. The van der Waals surface area contributed by atoms with Gasteiger partial charge in [0, 0.05) is 65.7 Å². The summed E-state index contributed by atoms with van der Waals surface area (Å²) in [5.74, 6) is 1.60. The maximum Gasteiger partial charge on any atom is 0.263 e. The minimum Gasteiger partial charge on any atom is -0.748 e. The van der Waals surface area contributed by atoms with Gasteiger partial charge >= 0.3 is 0 Å². The van der Waals surface area contributed by atoms with E-state index < -0.39 is 31.7 Å². The molecule has 0 radical (unpaired) electrons. The second kappa shape index (κ2) is 20.9. The second-order valence-corrected chi connectivity index (χ2v) is 22.4. The normalized spacial score (nSPS) is 17.5. The van der Waals surface area contributed by atoms with Crippen LogP contribution in [0.4, 0.5) is 5.69 Å². The summed E-state index contributed by atoms with van der Waals surface area (Å²) in [6, 6.07) is 24.4. The molecule has 4 aromatic carbocycles. The Labute approximate surface area is 382 Å². The standard InChI is InChI=1S/C33H32N2O6S4.C13H21N2S2/c1-2-23(21-30-34(17-7-19-44(36,37)38)32-26-11-5-3-9-24(26)13-15-28(32)42-30)22-31-35(18-8-20-45(39,40)41)33-27-12-6-4-10-25(27)14-16-29(33)43-31;1-3-14-8-10-16-12(14)6-5-7-13-15(4-2)9-11-17-13/h3-6,9-16,21-22H,2,7-8,17-20H2,1H3,(H-,36,37,38,39,40,41);5-7H,3-4,8-11H2,1-2H3/q;+1/p-1. The fourth-order valence-electron chi connectivity index (χ4n) is 7.84. The molecule has 1 aromatic heterocycles. The summed E-state index contributed by atoms with van der Waals surface area (Å²) in [5.41, 5.74) is 3.03. The molecule has 3 aliphatic heterocycles. The third-order valence-corrected chi connectivity index (χ3v) is 16.8. The third kappa shape index (κ3) is 11.5. The van der Waals surface area contributed by atoms with Crippen molar-refractivity contribution in [2.24, 2.45) is 0 Å². The molecule has 0 atom stereocenters. The molecule has 8 rings (SSSR count). The van der Waals surface area contributed by atoms with Gasteiger partial charge in [-0.05, 0) is 73.4 Å². The number of hydrogen-bond donors (Lipinski definition) is 0. The quantitative estimate of drug-likeness (QED) is 0.0736. The van der Waals surface area contributed by atoms with Crippen LogP contribution < -0.4 is 9.47 Å². The lowest BCUT2D eigenvalue weighted by atomic mass is 10.1. The molecule has 5 aromatic rings. The smallest absolute Gasteiger partial charge is 0.263 e. The predicted molar refractivity (Wildman–Crippen MR) is 261 cm³/mol. The van der Waals surface area contributed by atoms with Crippen molar-refractivity contribution in [2.75, 3.05) is 60.6 Å². The summed E-state index contributed by atoms with van der Waals surface area (Å²) >= 11 is 7.17. The summed E-state index contributed by atoms with van der Waals surface area (Å²) < 4.78 is 74.2. The molecule has 0 aliphatic carbocycles. The first-order chi connectivity index (χ1) is 29.9. The average molecular weight is 949 g/mol. The van der Waals surface area contributed by atoms with Crippen molar-refractivity contribution >= 4 is 115 Å². The molecule has 62 heavy (non-hydrogen) atoms. The van der Waals surface area contributed by atoms with Crippen molar-refractivity contribution in [1.29, 1.82) is 0 Å². The Morgan fingerprint density at radius 3 is 2.26 bits per heavy atom. The van der Waals surface area contributed by atoms with Crippen molar-refractivity contribution in [3.8, 4) is 0 Å². The zero-order valence-electron chi connectivity index (χ0n) is 35.2. The zero-order chi connectivity index (χ0) is 43.9. The Kier molecular flexibility index (Phi) is 15.7. The molecule has 0 amide bonds. The van der Waals surface area contributed by atoms with Crippen molar-refractivity contribution in [3.63, 3.8) is 0 Å². The number of aromatic nitrogens is 1. The first-order valence-electron chi connectivity index (χ1n) is 21.0. The van der Waals surface area contributed by atoms with E-state index in [1.54, 1.807) is 23.1 Å². The minimum absolute atomic E-state index is 0.198. The molecule has 10 nitrogen and oxygen atoms in total. The molecule has 0 N–H and O–H groups in total. The number of allylic oxidation sites excluding steroid dienone is 4. The van der Waals surface area contributed by atoms with Crippen LogP contribution in [0.3, 0.4) is 0 Å². The molecular weight excluding hydrogens is 897 g/mol. The fourth-order valence-corrected chi connectivity index (χ4v) is 13.4. The number of thioether (sulfide) groups is 3. The van der Waals surface area contributed by atoms with Gasteiger partial charge in [0.1, 0.15) is 11.2 Å². The topological polar surface area (TPSA) is 128 Å². The second-order valence-electron chi connectivity index (χ2n) is 15.0. The Morgan fingerprint density at radius 2 is 1.53 bits per heavy atom. The number of thiazole rings is 1. The summed E-state index contributed by atoms with van der Waals surface area (Å²) in [7, 11) is -8.69. The lowest BCUT2D eigenvalue weighted by Crippen LogP contribution is -2.36. The number of hydrogen-bond acceptors (Lipinski definition) is 12. The highest BCUT2D eigenvalue weighted by Crippen LogP contribution is 2.50. The number of anilines is 1. The van der Waals surface area contributed by atoms with E-state index in [1.807, 2.05) is 59.9 Å². The van der Waals surface area contributed by atoms with Crippen molar-refractivity contribution in [1.82, 2.24) is 4.90 Å². The molecule has 0 bridgehead atoms. The van der Waals surface area contributed by atoms with Gasteiger partial charge < -0.3 is 18.9 Å². The van der Waals surface area contributed by atoms with Gasteiger partial charge in [0.2, 0.25) is 10.6 Å². The highest BCUT2D eigenvalue weighted by Gasteiger charge is 2.28. The van der Waals surface area contributed by atoms with E-state index >= 15 is 0 Å². The zero-order valence-corrected chi connectivity index (χ0v) is 40.1. The van der Waals surface area contributed by atoms with Gasteiger partial charge in [-0.25, -0.2) is 21.4 Å². The predicted octanol–water partition coefficient (Wildman–Crippen LogP) is 9.24. The maximum atomic E-state index is 11.4. The van der Waals surface area contributed by atoms with Crippen LogP contribution in [0.25, 0.3) is 37.8 Å². The lowest BCUT2D eigenvalue weighted by molar-refractivity contribution is -0.667. The number of benzene rings is 4. The van der Waals surface area contributed by atoms with Crippen LogP contribution in [-0.2, 0) is 26.8 Å². The van der Waals surface area contributed by atoms with Crippen LogP contribution in [0.2, 0.25) is 0 Å². The molecule has 0 unspecified atom stereocenters. The van der Waals surface area contributed by atoms with Crippen LogP contribution in [0.5, 0.6) is 0 Å². The SMILES string of the molecule is CCC(=C\c1sc2ccc3ccccc3c2[n+]1CCCS(=O)(=O)[O-])/C=C1/Sc2ccc3ccccc3c2N1CCCS(=O)(=O)[O-].CCN1CCS/C1=C/C=C/C1=[N+](CC)CCS1. The van der Waals surface area contributed by atoms with Crippen LogP contribution in [-0.4, -0.2) is 96.2 Å². The Morgan fingerprint density at radius 1 is 0.823 bits per heavy atom. The average Bonchev–Trinajstić information content (AvgIpc) is 4.06. The third-order valence-electron chi connectivity index (χ3n) is 10.9. The Balaban J connectivity index is 0.000000284. The van der Waals surface area contributed by atoms with Crippen molar-refractivity contribution in [3.05, 3.63) is 118 Å². The van der Waals surface area contributed by atoms with Crippen LogP contribution >= 0.6 is 46.6 Å². The molecule has 4 heterocycles. The summed E-state index contributed by atoms with van der Waals surface area (Å²) in [6.07, 6.45) is 12.1. The molecule has 328 valence electrons. The Bertz CT molecular complexity index is 2830. The monoisotopic (exact) mass is 948 g/mol. The summed E-state index contributed by atoms with van der Waals surface area (Å²) in [4.78, 5) is 5.62. The summed E-state index contributed by atoms with van der Waals surface area (Å²) in [5, 5.41) is 8.99. The van der Waals surface area contributed by atoms with E-state index in [9.17, 15) is 25.9 Å². The van der Waals surface area contributed by atoms with Crippen molar-refractivity contribution in [2.45, 2.75) is 51.5 Å². The number of nitrogens with zero attached hydrogens (tertiary/aromatic N) is 4. The summed E-state index contributed by atoms with van der Waals surface area (Å²) in [6.45, 7) is 11.9. The first kappa shape index (κ1) is 46.4. The van der Waals surface area contributed by atoms with Crippen LogP contribution in [0, 0.1) is 0 Å². The highest BCUT2D eigenvalue weighted by atomic mass is 32.2. The number of fused-ring (bicyclic) bond motifs is 6. The van der Waals surface area contributed by atoms with Crippen molar-refractivity contribution < 1.29 is 35.1 Å². The molecular formula is C46H52N4O6S6. The fraction of sp³-hybridized carbons (Fsp3) is 0.348. The van der Waals surface area contributed by atoms with Crippen LogP contribution in [0.1, 0.15) is 45.0 Å². The number of aryl methyl sites for hydroxylation is 1. The van der Waals surface area contributed by atoms with E-state index in [4.69, 9.17) is 0 Å². The lowest BCUT2D eigenvalue weighted by Gasteiger charge is -2.22.